The second kappa shape index (κ2) is 7.74. The van der Waals surface area contributed by atoms with E-state index in [1.54, 1.807) is 30.3 Å². The minimum absolute atomic E-state index is 0.162. The van der Waals surface area contributed by atoms with Gasteiger partial charge in [-0.15, -0.1) is 0 Å². The van der Waals surface area contributed by atoms with Crippen LogP contribution in [0, 0.1) is 6.92 Å². The van der Waals surface area contributed by atoms with Crippen molar-refractivity contribution in [3.8, 4) is 0 Å². The molecule has 1 aliphatic rings. The molecule has 0 radical (unpaired) electrons. The number of nitrogens with one attached hydrogen (secondary N) is 1. The first kappa shape index (κ1) is 19.8. The Labute approximate surface area is 178 Å². The fourth-order valence-electron chi connectivity index (χ4n) is 3.50. The Bertz CT molecular complexity index is 1160. The van der Waals surface area contributed by atoms with Gasteiger partial charge in [-0.1, -0.05) is 64.0 Å². The fourth-order valence-corrected chi connectivity index (χ4v) is 5.43. The van der Waals surface area contributed by atoms with Crippen molar-refractivity contribution in [2.24, 2.45) is 0 Å². The van der Waals surface area contributed by atoms with E-state index >= 15 is 0 Å². The first-order valence-corrected chi connectivity index (χ1v) is 11.3. The van der Waals surface area contributed by atoms with Gasteiger partial charge in [0.2, 0.25) is 15.9 Å². The van der Waals surface area contributed by atoms with Gasteiger partial charge in [-0.2, -0.15) is 4.31 Å². The number of anilines is 1. The largest absolute Gasteiger partial charge is 0.325 e. The topological polar surface area (TPSA) is 66.5 Å². The van der Waals surface area contributed by atoms with Crippen molar-refractivity contribution in [3.05, 3.63) is 94.0 Å². The molecular formula is C22H19BrN2O3S. The highest BCUT2D eigenvalue weighted by molar-refractivity contribution is 9.10. The Kier molecular flexibility index (Phi) is 5.29. The van der Waals surface area contributed by atoms with Crippen molar-refractivity contribution in [2.45, 2.75) is 17.9 Å². The molecule has 0 fully saturated rings. The number of halogens is 1. The van der Waals surface area contributed by atoms with Crippen LogP contribution in [-0.2, 0) is 14.8 Å². The molecule has 1 N–H and O–H groups in total. The first-order chi connectivity index (χ1) is 13.9. The van der Waals surface area contributed by atoms with Crippen molar-refractivity contribution in [1.82, 2.24) is 4.31 Å². The number of aryl methyl sites for hydroxylation is 1. The lowest BCUT2D eigenvalue weighted by Crippen LogP contribution is -2.38. The highest BCUT2D eigenvalue weighted by Crippen LogP contribution is 2.39. The van der Waals surface area contributed by atoms with Crippen LogP contribution in [0.25, 0.3) is 0 Å². The van der Waals surface area contributed by atoms with Crippen molar-refractivity contribution >= 4 is 37.5 Å². The zero-order valence-corrected chi connectivity index (χ0v) is 18.1. The average molecular weight is 471 g/mol. The predicted molar refractivity (Wildman–Crippen MR) is 116 cm³/mol. The lowest BCUT2D eigenvalue weighted by atomic mass is 9.97. The standard InChI is InChI=1S/C22H19BrN2O3S/c1-15-7-10-18(11-8-15)29(27,28)25-14-21(26)24-20-12-9-17(23)13-19(20)22(25)16-5-3-2-4-6-16/h2-13,22H,14H2,1H3,(H,24,26). The van der Waals surface area contributed by atoms with E-state index < -0.39 is 16.1 Å². The Morgan fingerprint density at radius 2 is 1.69 bits per heavy atom. The number of hydrogen-bond acceptors (Lipinski definition) is 3. The fraction of sp³-hybridized carbons (Fsp3) is 0.136. The summed E-state index contributed by atoms with van der Waals surface area (Å²) in [5.74, 6) is -0.373. The summed E-state index contributed by atoms with van der Waals surface area (Å²) in [7, 11) is -3.93. The summed E-state index contributed by atoms with van der Waals surface area (Å²) in [6.45, 7) is 1.62. The van der Waals surface area contributed by atoms with E-state index in [4.69, 9.17) is 0 Å². The van der Waals surface area contributed by atoms with Crippen LogP contribution in [-0.4, -0.2) is 25.2 Å². The van der Waals surface area contributed by atoms with Crippen molar-refractivity contribution < 1.29 is 13.2 Å². The van der Waals surface area contributed by atoms with Crippen molar-refractivity contribution in [1.29, 1.82) is 0 Å². The summed E-state index contributed by atoms with van der Waals surface area (Å²) in [5.41, 5.74) is 3.08. The Morgan fingerprint density at radius 1 is 1.00 bits per heavy atom. The van der Waals surface area contributed by atoms with Gasteiger partial charge in [0, 0.05) is 10.2 Å². The van der Waals surface area contributed by atoms with Crippen molar-refractivity contribution in [2.75, 3.05) is 11.9 Å². The molecule has 1 unspecified atom stereocenters. The van der Waals surface area contributed by atoms with E-state index in [0.29, 0.717) is 11.3 Å². The second-order valence-electron chi connectivity index (χ2n) is 6.96. The first-order valence-electron chi connectivity index (χ1n) is 9.09. The van der Waals surface area contributed by atoms with Crippen LogP contribution in [0.4, 0.5) is 5.69 Å². The Hall–Kier alpha value is -2.48. The van der Waals surface area contributed by atoms with Crippen LogP contribution in [0.5, 0.6) is 0 Å². The molecule has 1 aliphatic heterocycles. The van der Waals surface area contributed by atoms with Crippen LogP contribution in [0.1, 0.15) is 22.7 Å². The molecule has 0 saturated carbocycles. The van der Waals surface area contributed by atoms with Crippen molar-refractivity contribution in [3.63, 3.8) is 0 Å². The average Bonchev–Trinajstić information content (AvgIpc) is 2.85. The smallest absolute Gasteiger partial charge is 0.244 e. The van der Waals surface area contributed by atoms with Gasteiger partial charge in [0.05, 0.1) is 17.5 Å². The summed E-state index contributed by atoms with van der Waals surface area (Å²) in [5, 5.41) is 2.85. The number of fused-ring (bicyclic) bond motifs is 1. The number of amides is 1. The molecule has 3 aromatic carbocycles. The number of rotatable bonds is 3. The third-order valence-electron chi connectivity index (χ3n) is 4.91. The lowest BCUT2D eigenvalue weighted by molar-refractivity contribution is -0.116. The number of carbonyl (C=O) groups excluding carboxylic acids is 1. The monoisotopic (exact) mass is 470 g/mol. The number of nitrogens with zero attached hydrogens (tertiary/aromatic N) is 1. The molecule has 0 aliphatic carbocycles. The van der Waals surface area contributed by atoms with E-state index in [1.165, 1.54) is 4.31 Å². The number of hydrogen-bond donors (Lipinski definition) is 1. The van der Waals surface area contributed by atoms with Crippen LogP contribution >= 0.6 is 15.9 Å². The zero-order valence-electron chi connectivity index (χ0n) is 15.7. The molecule has 0 spiro atoms. The maximum absolute atomic E-state index is 13.6. The van der Waals surface area contributed by atoms with E-state index in [0.717, 1.165) is 15.6 Å². The highest BCUT2D eigenvalue weighted by Gasteiger charge is 2.38. The predicted octanol–water partition coefficient (Wildman–Crippen LogP) is 4.49. The number of carbonyl (C=O) groups is 1. The molecule has 1 heterocycles. The number of benzene rings is 3. The summed E-state index contributed by atoms with van der Waals surface area (Å²) >= 11 is 3.47. The second-order valence-corrected chi connectivity index (χ2v) is 9.76. The third-order valence-corrected chi connectivity index (χ3v) is 7.23. The van der Waals surface area contributed by atoms with Crippen LogP contribution in [0.15, 0.2) is 82.2 Å². The quantitative estimate of drug-likeness (QED) is 0.612. The molecule has 148 valence electrons. The van der Waals surface area contributed by atoms with Gasteiger partial charge in [0.15, 0.2) is 0 Å². The highest BCUT2D eigenvalue weighted by atomic mass is 79.9. The molecule has 4 rings (SSSR count). The Balaban J connectivity index is 1.95. The molecular weight excluding hydrogens is 452 g/mol. The molecule has 0 aromatic heterocycles. The molecule has 0 bridgehead atoms. The molecule has 7 heteroatoms. The van der Waals surface area contributed by atoms with E-state index in [1.807, 2.05) is 49.4 Å². The maximum Gasteiger partial charge on any atom is 0.244 e. The molecule has 0 saturated heterocycles. The van der Waals surface area contributed by atoms with Crippen LogP contribution in [0.3, 0.4) is 0 Å². The Morgan fingerprint density at radius 3 is 2.38 bits per heavy atom. The normalized spacial score (nSPS) is 17.3. The van der Waals surface area contributed by atoms with Gasteiger partial charge >= 0.3 is 0 Å². The van der Waals surface area contributed by atoms with Gasteiger partial charge in [-0.3, -0.25) is 4.79 Å². The van der Waals surface area contributed by atoms with E-state index in [2.05, 4.69) is 21.2 Å². The maximum atomic E-state index is 13.6. The van der Waals surface area contributed by atoms with Crippen LogP contribution in [0.2, 0.25) is 0 Å². The van der Waals surface area contributed by atoms with Gasteiger partial charge in [-0.05, 0) is 48.4 Å². The minimum Gasteiger partial charge on any atom is -0.325 e. The summed E-state index contributed by atoms with van der Waals surface area (Å²) in [4.78, 5) is 12.8. The van der Waals surface area contributed by atoms with E-state index in [-0.39, 0.29) is 17.3 Å². The van der Waals surface area contributed by atoms with Gasteiger partial charge in [-0.25, -0.2) is 8.42 Å². The summed E-state index contributed by atoms with van der Waals surface area (Å²) < 4.78 is 29.3. The van der Waals surface area contributed by atoms with Crippen LogP contribution < -0.4 is 5.32 Å². The zero-order chi connectivity index (χ0) is 20.6. The molecule has 1 amide bonds. The SMILES string of the molecule is Cc1ccc(S(=O)(=O)N2CC(=O)Nc3ccc(Br)cc3C2c2ccccc2)cc1. The number of sulfonamides is 1. The van der Waals surface area contributed by atoms with Gasteiger partial charge < -0.3 is 5.32 Å². The molecule has 1 atom stereocenters. The molecule has 3 aromatic rings. The lowest BCUT2D eigenvalue weighted by Gasteiger charge is -2.29. The van der Waals surface area contributed by atoms with Gasteiger partial charge in [0.1, 0.15) is 0 Å². The summed E-state index contributed by atoms with van der Waals surface area (Å²) in [6, 6.07) is 20.9. The van der Waals surface area contributed by atoms with Gasteiger partial charge in [0.25, 0.3) is 0 Å². The molecule has 5 nitrogen and oxygen atoms in total. The van der Waals surface area contributed by atoms with E-state index in [9.17, 15) is 13.2 Å². The summed E-state index contributed by atoms with van der Waals surface area (Å²) in [6.07, 6.45) is 0. The third kappa shape index (κ3) is 3.85. The molecule has 29 heavy (non-hydrogen) atoms. The minimum atomic E-state index is -3.93.